The maximum absolute atomic E-state index is 10.9. The topological polar surface area (TPSA) is 49.7 Å². The van der Waals surface area contributed by atoms with Gasteiger partial charge in [-0.25, -0.2) is 0 Å². The quantitative estimate of drug-likeness (QED) is 0.823. The highest BCUT2D eigenvalue weighted by molar-refractivity contribution is 5.49. The fourth-order valence-corrected chi connectivity index (χ4v) is 5.99. The number of benzene rings is 1. The summed E-state index contributed by atoms with van der Waals surface area (Å²) in [6.07, 6.45) is 6.52. The minimum atomic E-state index is -0.518. The average Bonchev–Trinajstić information content (AvgIpc) is 2.76. The molecule has 0 radical (unpaired) electrons. The van der Waals surface area contributed by atoms with Crippen molar-refractivity contribution in [2.75, 3.05) is 7.11 Å². The van der Waals surface area contributed by atoms with Crippen molar-refractivity contribution in [3.63, 3.8) is 0 Å². The first-order chi connectivity index (χ1) is 10.9. The number of aliphatic hydroxyl groups is 1. The van der Waals surface area contributed by atoms with Crippen LogP contribution in [0.15, 0.2) is 12.1 Å². The Morgan fingerprint density at radius 3 is 2.65 bits per heavy atom. The third-order valence-electron chi connectivity index (χ3n) is 7.59. The largest absolute Gasteiger partial charge is 0.504 e. The van der Waals surface area contributed by atoms with Gasteiger partial charge in [-0.05, 0) is 91.9 Å². The number of aromatic hydroxyl groups is 1. The van der Waals surface area contributed by atoms with Crippen molar-refractivity contribution in [1.82, 2.24) is 0 Å². The van der Waals surface area contributed by atoms with E-state index in [0.29, 0.717) is 23.5 Å². The van der Waals surface area contributed by atoms with E-state index >= 15 is 0 Å². The molecule has 4 rings (SSSR count). The Morgan fingerprint density at radius 2 is 1.91 bits per heavy atom. The van der Waals surface area contributed by atoms with Crippen molar-refractivity contribution in [1.29, 1.82) is 0 Å². The summed E-state index contributed by atoms with van der Waals surface area (Å²) in [6, 6.07) is 3.97. The maximum Gasteiger partial charge on any atom is 0.160 e. The van der Waals surface area contributed by atoms with Crippen molar-refractivity contribution in [2.24, 2.45) is 17.3 Å². The first kappa shape index (κ1) is 15.3. The minimum absolute atomic E-state index is 0.0622. The van der Waals surface area contributed by atoms with Gasteiger partial charge in [0, 0.05) is 0 Å². The number of rotatable bonds is 1. The standard InChI is InChI=1S/C20H28O3/c1-19-8-6-13-14(16(19)7-9-20(19,2)22)5-4-12-10-17(21)18(23-3)11-15(12)13/h10-11,13-14,16,21-22H,4-9H2,1-3H3/t13-,14+,16-,19-,20-/m0/s1. The van der Waals surface area contributed by atoms with Crippen LogP contribution < -0.4 is 4.74 Å². The maximum atomic E-state index is 10.9. The number of hydrogen-bond donors (Lipinski definition) is 2. The number of methoxy groups -OCH3 is 1. The monoisotopic (exact) mass is 316 g/mol. The zero-order chi connectivity index (χ0) is 16.4. The van der Waals surface area contributed by atoms with E-state index in [2.05, 4.69) is 13.0 Å². The molecule has 0 saturated heterocycles. The van der Waals surface area contributed by atoms with Gasteiger partial charge in [0.2, 0.25) is 0 Å². The molecule has 2 N–H and O–H groups in total. The van der Waals surface area contributed by atoms with Crippen LogP contribution in [-0.2, 0) is 6.42 Å². The second-order valence-electron chi connectivity index (χ2n) is 8.41. The average molecular weight is 316 g/mol. The third kappa shape index (κ3) is 1.98. The Hall–Kier alpha value is -1.22. The normalized spacial score (nSPS) is 41.8. The summed E-state index contributed by atoms with van der Waals surface area (Å²) in [6.45, 7) is 4.36. The molecule has 3 heteroatoms. The number of phenols is 1. The van der Waals surface area contributed by atoms with E-state index < -0.39 is 5.60 Å². The summed E-state index contributed by atoms with van der Waals surface area (Å²) in [5, 5.41) is 21.0. The first-order valence-electron chi connectivity index (χ1n) is 8.99. The molecule has 0 heterocycles. The summed E-state index contributed by atoms with van der Waals surface area (Å²) < 4.78 is 5.34. The molecule has 3 aliphatic carbocycles. The van der Waals surface area contributed by atoms with Crippen molar-refractivity contribution < 1.29 is 14.9 Å². The SMILES string of the molecule is COc1cc2c(cc1O)CC[C@@H]1[C@@H]2CC[C@@]2(C)[C@H]1CC[C@]2(C)O. The fraction of sp³-hybridized carbons (Fsp3) is 0.700. The van der Waals surface area contributed by atoms with Crippen LogP contribution in [0.5, 0.6) is 11.5 Å². The molecule has 0 unspecified atom stereocenters. The highest BCUT2D eigenvalue weighted by Gasteiger charge is 2.59. The summed E-state index contributed by atoms with van der Waals surface area (Å²) in [5.41, 5.74) is 2.21. The lowest BCUT2D eigenvalue weighted by molar-refractivity contribution is -0.0901. The van der Waals surface area contributed by atoms with Gasteiger partial charge in [0.15, 0.2) is 11.5 Å². The zero-order valence-electron chi connectivity index (χ0n) is 14.4. The van der Waals surface area contributed by atoms with Crippen LogP contribution in [0.3, 0.4) is 0 Å². The predicted molar refractivity (Wildman–Crippen MR) is 89.9 cm³/mol. The molecule has 0 spiro atoms. The van der Waals surface area contributed by atoms with E-state index in [9.17, 15) is 10.2 Å². The Morgan fingerprint density at radius 1 is 1.13 bits per heavy atom. The second kappa shape index (κ2) is 4.89. The van der Waals surface area contributed by atoms with Gasteiger partial charge in [0.25, 0.3) is 0 Å². The molecule has 23 heavy (non-hydrogen) atoms. The minimum Gasteiger partial charge on any atom is -0.504 e. The lowest BCUT2D eigenvalue weighted by Gasteiger charge is -2.52. The van der Waals surface area contributed by atoms with Gasteiger partial charge >= 0.3 is 0 Å². The molecule has 126 valence electrons. The van der Waals surface area contributed by atoms with E-state index in [0.717, 1.165) is 32.1 Å². The lowest BCUT2D eigenvalue weighted by atomic mass is 9.53. The molecule has 2 saturated carbocycles. The van der Waals surface area contributed by atoms with E-state index in [1.165, 1.54) is 17.5 Å². The van der Waals surface area contributed by atoms with Gasteiger partial charge in [-0.1, -0.05) is 6.92 Å². The van der Waals surface area contributed by atoms with Crippen LogP contribution in [0.2, 0.25) is 0 Å². The molecule has 0 aromatic heterocycles. The molecule has 3 aliphatic rings. The molecule has 0 amide bonds. The third-order valence-corrected chi connectivity index (χ3v) is 7.59. The molecule has 0 bridgehead atoms. The van der Waals surface area contributed by atoms with Gasteiger partial charge in [-0.3, -0.25) is 0 Å². The predicted octanol–water partition coefficient (Wildman–Crippen LogP) is 4.01. The summed E-state index contributed by atoms with van der Waals surface area (Å²) in [4.78, 5) is 0. The van der Waals surface area contributed by atoms with Crippen LogP contribution in [0, 0.1) is 17.3 Å². The highest BCUT2D eigenvalue weighted by atomic mass is 16.5. The number of phenolic OH excluding ortho intramolecular Hbond substituents is 1. The lowest BCUT2D eigenvalue weighted by Crippen LogP contribution is -2.49. The Bertz CT molecular complexity index is 636. The van der Waals surface area contributed by atoms with E-state index in [-0.39, 0.29) is 11.2 Å². The van der Waals surface area contributed by atoms with Crippen molar-refractivity contribution in [3.8, 4) is 11.5 Å². The molecule has 0 aliphatic heterocycles. The number of aryl methyl sites for hydroxylation is 1. The van der Waals surface area contributed by atoms with Gasteiger partial charge in [-0.15, -0.1) is 0 Å². The number of ether oxygens (including phenoxy) is 1. The van der Waals surface area contributed by atoms with Gasteiger partial charge in [0.05, 0.1) is 12.7 Å². The Labute approximate surface area is 138 Å². The van der Waals surface area contributed by atoms with Gasteiger partial charge in [0.1, 0.15) is 0 Å². The fourth-order valence-electron chi connectivity index (χ4n) is 5.99. The molecule has 1 aromatic carbocycles. The van der Waals surface area contributed by atoms with E-state index in [1.54, 1.807) is 7.11 Å². The molecular formula is C20H28O3. The zero-order valence-corrected chi connectivity index (χ0v) is 14.4. The van der Waals surface area contributed by atoms with Crippen LogP contribution in [0.25, 0.3) is 0 Å². The summed E-state index contributed by atoms with van der Waals surface area (Å²) >= 11 is 0. The van der Waals surface area contributed by atoms with Crippen molar-refractivity contribution in [3.05, 3.63) is 23.3 Å². The summed E-state index contributed by atoms with van der Waals surface area (Å²) in [7, 11) is 1.62. The number of hydrogen-bond acceptors (Lipinski definition) is 3. The van der Waals surface area contributed by atoms with Crippen LogP contribution in [0.1, 0.15) is 63.0 Å². The van der Waals surface area contributed by atoms with Crippen LogP contribution in [0.4, 0.5) is 0 Å². The van der Waals surface area contributed by atoms with Crippen LogP contribution in [-0.4, -0.2) is 22.9 Å². The number of fused-ring (bicyclic) bond motifs is 5. The molecule has 5 atom stereocenters. The van der Waals surface area contributed by atoms with Crippen LogP contribution >= 0.6 is 0 Å². The van der Waals surface area contributed by atoms with Crippen molar-refractivity contribution in [2.45, 2.75) is 63.9 Å². The first-order valence-corrected chi connectivity index (χ1v) is 8.99. The molecule has 1 aromatic rings. The van der Waals surface area contributed by atoms with Gasteiger partial charge < -0.3 is 14.9 Å². The van der Waals surface area contributed by atoms with E-state index in [1.807, 2.05) is 13.0 Å². The highest BCUT2D eigenvalue weighted by Crippen LogP contribution is 2.64. The molecular weight excluding hydrogens is 288 g/mol. The van der Waals surface area contributed by atoms with E-state index in [4.69, 9.17) is 4.74 Å². The molecule has 2 fully saturated rings. The second-order valence-corrected chi connectivity index (χ2v) is 8.41. The Balaban J connectivity index is 1.73. The summed E-state index contributed by atoms with van der Waals surface area (Å²) in [5.74, 6) is 2.68. The van der Waals surface area contributed by atoms with Crippen molar-refractivity contribution >= 4 is 0 Å². The Kier molecular flexibility index (Phi) is 3.26. The molecule has 3 nitrogen and oxygen atoms in total. The van der Waals surface area contributed by atoms with Gasteiger partial charge in [-0.2, -0.15) is 0 Å². The smallest absolute Gasteiger partial charge is 0.160 e.